The van der Waals surface area contributed by atoms with Gasteiger partial charge in [-0.1, -0.05) is 0 Å². The van der Waals surface area contributed by atoms with Crippen LogP contribution in [0.1, 0.15) is 123 Å². The van der Waals surface area contributed by atoms with Crippen LogP contribution in [-0.4, -0.2) is 44.2 Å². The predicted molar refractivity (Wildman–Crippen MR) is 132 cm³/mol. The molecule has 0 aromatic rings. The summed E-state index contributed by atoms with van der Waals surface area (Å²) in [5.74, 6) is 0. The molecule has 0 saturated heterocycles. The predicted octanol–water partition coefficient (Wildman–Crippen LogP) is 7.14. The third-order valence-corrected chi connectivity index (χ3v) is 16.9. The van der Waals surface area contributed by atoms with Crippen molar-refractivity contribution < 1.29 is 46.2 Å². The van der Waals surface area contributed by atoms with E-state index in [9.17, 15) is 0 Å². The topological polar surface area (TPSA) is 64.6 Å². The van der Waals surface area contributed by atoms with Gasteiger partial charge in [0.25, 0.3) is 0 Å². The van der Waals surface area contributed by atoms with E-state index in [-0.39, 0.29) is 18.3 Å². The Bertz CT molecular complexity index is 482. The Kier molecular flexibility index (Phi) is 13.7. The minimum atomic E-state index is -4.90. The fourth-order valence-electron chi connectivity index (χ4n) is 2.55. The van der Waals surface area contributed by atoms with Crippen LogP contribution < -0.4 is 0 Å². The van der Waals surface area contributed by atoms with Crippen molar-refractivity contribution in [1.29, 1.82) is 0 Å². The van der Waals surface area contributed by atoms with Crippen molar-refractivity contribution >= 4 is 9.05 Å². The van der Waals surface area contributed by atoms with Gasteiger partial charge in [0.05, 0.1) is 0 Å². The first-order valence-electron chi connectivity index (χ1n) is 12.5. The van der Waals surface area contributed by atoms with Gasteiger partial charge in [-0.25, -0.2) is 0 Å². The Balaban J connectivity index is 6.85. The van der Waals surface area contributed by atoms with E-state index in [1.54, 1.807) is 0 Å². The number of rotatable bonds is 14. The average Bonchev–Trinajstić information content (AvgIpc) is 2.55. The summed E-state index contributed by atoms with van der Waals surface area (Å²) in [6, 6.07) is 0. The van der Waals surface area contributed by atoms with Gasteiger partial charge in [0.2, 0.25) is 0 Å². The summed E-state index contributed by atoms with van der Waals surface area (Å²) in [6.45, 7) is 30.0. The molecule has 0 aromatic heterocycles. The molecule has 0 aromatic carbocycles. The molecular formula is C24H54O7SiZr. The van der Waals surface area contributed by atoms with Crippen LogP contribution in [0.25, 0.3) is 0 Å². The van der Waals surface area contributed by atoms with Crippen molar-refractivity contribution in [2.75, 3.05) is 0 Å². The molecule has 3 atom stereocenters. The van der Waals surface area contributed by atoms with E-state index in [1.165, 1.54) is 0 Å². The van der Waals surface area contributed by atoms with Gasteiger partial charge in [-0.15, -0.1) is 0 Å². The Hall–Kier alpha value is 0.820. The number of hydrogen-bond acceptors (Lipinski definition) is 7. The average molecular weight is 574 g/mol. The van der Waals surface area contributed by atoms with Gasteiger partial charge in [-0.3, -0.25) is 0 Å². The van der Waals surface area contributed by atoms with Gasteiger partial charge in [0.1, 0.15) is 0 Å². The van der Waals surface area contributed by atoms with Crippen LogP contribution in [0.2, 0.25) is 0 Å². The molecule has 7 nitrogen and oxygen atoms in total. The molecule has 3 unspecified atom stereocenters. The zero-order valence-electron chi connectivity index (χ0n) is 24.2. The van der Waals surface area contributed by atoms with Crippen LogP contribution >= 0.6 is 0 Å². The standard InChI is InChI=1S/C12H27O4Si.3C4H9O.Zr/c1-7-10(4)14-17(13,15-11(5)8-2)16-12(6)9-3;3*1-4(2,3)5;/h10-12H,7-9H2,1-6H3;3*1-3H3;/q4*-1;+4. The molecule has 0 spiro atoms. The normalized spacial score (nSPS) is 18.6. The van der Waals surface area contributed by atoms with E-state index in [0.717, 1.165) is 19.3 Å². The summed E-state index contributed by atoms with van der Waals surface area (Å²) < 4.78 is 46.3. The summed E-state index contributed by atoms with van der Waals surface area (Å²) >= 11 is -4.90. The Morgan fingerprint density at radius 1 is 0.545 bits per heavy atom. The Morgan fingerprint density at radius 2 is 0.788 bits per heavy atom. The van der Waals surface area contributed by atoms with Crippen LogP contribution in [0.4, 0.5) is 0 Å². The van der Waals surface area contributed by atoms with E-state index in [4.69, 9.17) is 24.2 Å². The third-order valence-electron chi connectivity index (χ3n) is 4.30. The van der Waals surface area contributed by atoms with Gasteiger partial charge >= 0.3 is 214 Å². The molecule has 0 radical (unpaired) electrons. The zero-order valence-corrected chi connectivity index (χ0v) is 27.7. The molecule has 0 amide bonds. The summed E-state index contributed by atoms with van der Waals surface area (Å²) in [6.07, 6.45) is 1.96. The van der Waals surface area contributed by atoms with Crippen molar-refractivity contribution in [2.45, 2.75) is 158 Å². The second-order valence-electron chi connectivity index (χ2n) is 11.8. The molecule has 0 aliphatic heterocycles. The molecule has 0 aliphatic carbocycles. The third kappa shape index (κ3) is 14.8. The molecule has 9 heteroatoms. The first-order chi connectivity index (χ1) is 14.7. The fraction of sp³-hybridized carbons (Fsp3) is 1.00. The van der Waals surface area contributed by atoms with Crippen LogP contribution in [0, 0.1) is 0 Å². The maximum absolute atomic E-state index is 6.89. The monoisotopic (exact) mass is 572 g/mol. The molecule has 0 saturated carbocycles. The van der Waals surface area contributed by atoms with E-state index >= 15 is 0 Å². The molecule has 0 aliphatic rings. The molecule has 0 fully saturated rings. The van der Waals surface area contributed by atoms with Crippen LogP contribution in [0.15, 0.2) is 0 Å². The summed E-state index contributed by atoms with van der Waals surface area (Å²) in [7, 11) is -3.76. The summed E-state index contributed by atoms with van der Waals surface area (Å²) in [5.41, 5.74) is -1.72. The molecule has 200 valence electrons. The molecule has 0 N–H and O–H groups in total. The second-order valence-corrected chi connectivity index (χ2v) is 19.1. The van der Waals surface area contributed by atoms with Gasteiger partial charge in [-0.05, 0) is 0 Å². The summed E-state index contributed by atoms with van der Waals surface area (Å²) in [5, 5.41) is 0. The van der Waals surface area contributed by atoms with Gasteiger partial charge < -0.3 is 0 Å². The molecule has 33 heavy (non-hydrogen) atoms. The SMILES string of the molecule is CCC(C)O[Si](OC(C)CC)(OC(C)CC)[O][Zr]([O]C(C)(C)C)([O]C(C)(C)C)[O]C(C)(C)C. The molecule has 0 heterocycles. The van der Waals surface area contributed by atoms with Gasteiger partial charge in [-0.2, -0.15) is 0 Å². The van der Waals surface area contributed by atoms with E-state index in [0.29, 0.717) is 0 Å². The van der Waals surface area contributed by atoms with Crippen molar-refractivity contribution in [1.82, 2.24) is 0 Å². The zero-order chi connectivity index (χ0) is 26.3. The quantitative estimate of drug-likeness (QED) is 0.205. The Morgan fingerprint density at radius 3 is 0.970 bits per heavy atom. The molecule has 0 bridgehead atoms. The van der Waals surface area contributed by atoms with Crippen molar-refractivity contribution in [2.24, 2.45) is 0 Å². The van der Waals surface area contributed by atoms with E-state index in [2.05, 4.69) is 20.8 Å². The minimum absolute atomic E-state index is 0.132. The van der Waals surface area contributed by atoms with E-state index < -0.39 is 47.9 Å². The fourth-order valence-corrected chi connectivity index (χ4v) is 15.4. The second kappa shape index (κ2) is 13.4. The van der Waals surface area contributed by atoms with E-state index in [1.807, 2.05) is 83.1 Å². The van der Waals surface area contributed by atoms with Crippen LogP contribution in [-0.2, 0) is 46.2 Å². The summed E-state index contributed by atoms with van der Waals surface area (Å²) in [4.78, 5) is 0. The van der Waals surface area contributed by atoms with Gasteiger partial charge in [0, 0.05) is 0 Å². The van der Waals surface area contributed by atoms with Crippen LogP contribution in [0.3, 0.4) is 0 Å². The van der Waals surface area contributed by atoms with Crippen molar-refractivity contribution in [3.63, 3.8) is 0 Å². The maximum atomic E-state index is 6.89. The van der Waals surface area contributed by atoms with Crippen molar-refractivity contribution in [3.05, 3.63) is 0 Å². The van der Waals surface area contributed by atoms with Crippen LogP contribution in [0.5, 0.6) is 0 Å². The molecular weight excluding hydrogens is 520 g/mol. The van der Waals surface area contributed by atoms with Crippen molar-refractivity contribution in [3.8, 4) is 0 Å². The Labute approximate surface area is 212 Å². The first-order valence-corrected chi connectivity index (χ1v) is 18.2. The number of hydrogen-bond donors (Lipinski definition) is 0. The molecule has 0 rings (SSSR count). The first kappa shape index (κ1) is 33.8. The van der Waals surface area contributed by atoms with Gasteiger partial charge in [0.15, 0.2) is 0 Å².